The third kappa shape index (κ3) is 5.64. The van der Waals surface area contributed by atoms with Crippen LogP contribution in [-0.2, 0) is 11.4 Å². The first-order chi connectivity index (χ1) is 16.5. The zero-order valence-electron chi connectivity index (χ0n) is 18.8. The molecule has 0 aromatic heterocycles. The van der Waals surface area contributed by atoms with Gasteiger partial charge in [0.1, 0.15) is 37.9 Å². The highest BCUT2D eigenvalue weighted by atomic mass is 19.1. The number of likely N-dealkylation sites (N-methyl/N-ethyl adjacent to an activating group) is 1. The van der Waals surface area contributed by atoms with E-state index >= 15 is 0 Å². The maximum absolute atomic E-state index is 13.2. The Morgan fingerprint density at radius 3 is 2.50 bits per heavy atom. The highest BCUT2D eigenvalue weighted by Crippen LogP contribution is 2.32. The Hall–Kier alpha value is -4.07. The standard InChI is InChI=1S/C26H25FN2O5/c1-2-29(16-25(30)28-20-11-12-23-24(15-20)33-14-13-32-23)26(31)21-5-3-4-6-22(21)34-17-18-7-9-19(27)10-8-18/h3-12,15H,2,13-14,16-17H2,1H3,(H,28,30). The Morgan fingerprint density at radius 2 is 1.74 bits per heavy atom. The second kappa shape index (κ2) is 10.7. The van der Waals surface area contributed by atoms with Crippen molar-refractivity contribution in [3.05, 3.63) is 83.7 Å². The molecule has 0 saturated carbocycles. The maximum atomic E-state index is 13.2. The number of fused-ring (bicyclic) bond motifs is 1. The number of para-hydroxylation sites is 1. The number of amides is 2. The van der Waals surface area contributed by atoms with Gasteiger partial charge in [0, 0.05) is 18.3 Å². The molecule has 8 heteroatoms. The lowest BCUT2D eigenvalue weighted by Gasteiger charge is -2.22. The summed E-state index contributed by atoms with van der Waals surface area (Å²) in [6.45, 7) is 3.13. The molecular weight excluding hydrogens is 439 g/mol. The van der Waals surface area contributed by atoms with Gasteiger partial charge >= 0.3 is 0 Å². The van der Waals surface area contributed by atoms with E-state index in [1.807, 2.05) is 0 Å². The van der Waals surface area contributed by atoms with E-state index in [9.17, 15) is 14.0 Å². The molecule has 0 fully saturated rings. The fraction of sp³-hybridized carbons (Fsp3) is 0.231. The van der Waals surface area contributed by atoms with E-state index in [1.165, 1.54) is 17.0 Å². The molecule has 0 spiro atoms. The fourth-order valence-corrected chi connectivity index (χ4v) is 3.50. The lowest BCUT2D eigenvalue weighted by molar-refractivity contribution is -0.116. The number of hydrogen-bond acceptors (Lipinski definition) is 5. The molecule has 1 aliphatic rings. The predicted octanol–water partition coefficient (Wildman–Crippen LogP) is 4.28. The molecule has 7 nitrogen and oxygen atoms in total. The summed E-state index contributed by atoms with van der Waals surface area (Å²) in [6, 6.07) is 18.0. The van der Waals surface area contributed by atoms with Gasteiger partial charge in [-0.1, -0.05) is 24.3 Å². The molecule has 176 valence electrons. The summed E-state index contributed by atoms with van der Waals surface area (Å²) in [5, 5.41) is 2.80. The molecule has 34 heavy (non-hydrogen) atoms. The van der Waals surface area contributed by atoms with Crippen LogP contribution in [0.3, 0.4) is 0 Å². The van der Waals surface area contributed by atoms with Crippen LogP contribution in [-0.4, -0.2) is 43.0 Å². The molecule has 3 aromatic carbocycles. The van der Waals surface area contributed by atoms with Gasteiger partial charge in [0.2, 0.25) is 5.91 Å². The molecule has 1 aliphatic heterocycles. The monoisotopic (exact) mass is 464 g/mol. The number of anilines is 1. The van der Waals surface area contributed by atoms with E-state index in [-0.39, 0.29) is 30.8 Å². The van der Waals surface area contributed by atoms with E-state index in [1.54, 1.807) is 61.5 Å². The Balaban J connectivity index is 1.41. The molecule has 0 unspecified atom stereocenters. The summed E-state index contributed by atoms with van der Waals surface area (Å²) in [6.07, 6.45) is 0. The number of carbonyl (C=O) groups excluding carboxylic acids is 2. The van der Waals surface area contributed by atoms with E-state index in [2.05, 4.69) is 5.32 Å². The molecule has 1 heterocycles. The molecule has 1 N–H and O–H groups in total. The quantitative estimate of drug-likeness (QED) is 0.539. The van der Waals surface area contributed by atoms with Crippen LogP contribution < -0.4 is 19.5 Å². The number of halogens is 1. The largest absolute Gasteiger partial charge is 0.488 e. The van der Waals surface area contributed by atoms with Crippen LogP contribution in [0.2, 0.25) is 0 Å². The first-order valence-corrected chi connectivity index (χ1v) is 11.0. The van der Waals surface area contributed by atoms with Crippen LogP contribution in [0.25, 0.3) is 0 Å². The van der Waals surface area contributed by atoms with Crippen molar-refractivity contribution in [3.63, 3.8) is 0 Å². The van der Waals surface area contributed by atoms with Crippen molar-refractivity contribution in [1.29, 1.82) is 0 Å². The third-order valence-electron chi connectivity index (χ3n) is 5.25. The summed E-state index contributed by atoms with van der Waals surface area (Å²) in [4.78, 5) is 27.3. The van der Waals surface area contributed by atoms with Crippen molar-refractivity contribution in [3.8, 4) is 17.2 Å². The van der Waals surface area contributed by atoms with Crippen LogP contribution in [0.5, 0.6) is 17.2 Å². The van der Waals surface area contributed by atoms with E-state index in [4.69, 9.17) is 14.2 Å². The summed E-state index contributed by atoms with van der Waals surface area (Å²) < 4.78 is 30.0. The smallest absolute Gasteiger partial charge is 0.258 e. The number of rotatable bonds is 8. The molecule has 3 aromatic rings. The minimum atomic E-state index is -0.336. The Bertz CT molecular complexity index is 1170. The maximum Gasteiger partial charge on any atom is 0.258 e. The average molecular weight is 464 g/mol. The van der Waals surface area contributed by atoms with Gasteiger partial charge in [0.15, 0.2) is 11.5 Å². The first-order valence-electron chi connectivity index (χ1n) is 11.0. The van der Waals surface area contributed by atoms with Crippen molar-refractivity contribution < 1.29 is 28.2 Å². The van der Waals surface area contributed by atoms with Gasteiger partial charge in [-0.15, -0.1) is 0 Å². The van der Waals surface area contributed by atoms with Gasteiger partial charge in [-0.05, 0) is 48.9 Å². The second-order valence-electron chi connectivity index (χ2n) is 7.64. The van der Waals surface area contributed by atoms with Crippen LogP contribution >= 0.6 is 0 Å². The molecular formula is C26H25FN2O5. The minimum absolute atomic E-state index is 0.129. The van der Waals surface area contributed by atoms with Crippen molar-refractivity contribution in [2.75, 3.05) is 31.6 Å². The van der Waals surface area contributed by atoms with Crippen LogP contribution in [0.1, 0.15) is 22.8 Å². The number of nitrogens with one attached hydrogen (secondary N) is 1. The third-order valence-corrected chi connectivity index (χ3v) is 5.25. The topological polar surface area (TPSA) is 77.1 Å². The number of nitrogens with zero attached hydrogens (tertiary/aromatic N) is 1. The van der Waals surface area contributed by atoms with Gasteiger partial charge < -0.3 is 24.4 Å². The zero-order valence-corrected chi connectivity index (χ0v) is 18.8. The predicted molar refractivity (Wildman–Crippen MR) is 125 cm³/mol. The Labute approximate surface area is 197 Å². The molecule has 4 rings (SSSR count). The minimum Gasteiger partial charge on any atom is -0.488 e. The number of benzene rings is 3. The van der Waals surface area contributed by atoms with Gasteiger partial charge in [-0.2, -0.15) is 0 Å². The van der Waals surface area contributed by atoms with Crippen molar-refractivity contribution in [1.82, 2.24) is 4.90 Å². The van der Waals surface area contributed by atoms with E-state index < -0.39 is 0 Å². The number of ether oxygens (including phenoxy) is 3. The van der Waals surface area contributed by atoms with Crippen LogP contribution in [0, 0.1) is 5.82 Å². The van der Waals surface area contributed by atoms with Gasteiger partial charge in [0.05, 0.1) is 5.56 Å². The second-order valence-corrected chi connectivity index (χ2v) is 7.64. The number of hydrogen-bond donors (Lipinski definition) is 1. The van der Waals surface area contributed by atoms with Gasteiger partial charge in [-0.3, -0.25) is 9.59 Å². The molecule has 2 amide bonds. The zero-order chi connectivity index (χ0) is 23.9. The van der Waals surface area contributed by atoms with Crippen LogP contribution in [0.4, 0.5) is 10.1 Å². The summed E-state index contributed by atoms with van der Waals surface area (Å²) in [5.41, 5.74) is 1.68. The highest BCUT2D eigenvalue weighted by molar-refractivity contribution is 6.01. The van der Waals surface area contributed by atoms with Crippen molar-refractivity contribution in [2.45, 2.75) is 13.5 Å². The Kier molecular flexibility index (Phi) is 7.27. The molecule has 0 bridgehead atoms. The molecule has 0 saturated heterocycles. The van der Waals surface area contributed by atoms with Crippen molar-refractivity contribution >= 4 is 17.5 Å². The molecule has 0 radical (unpaired) electrons. The number of carbonyl (C=O) groups is 2. The van der Waals surface area contributed by atoms with E-state index in [0.717, 1.165) is 5.56 Å². The average Bonchev–Trinajstić information content (AvgIpc) is 2.86. The first kappa shape index (κ1) is 23.1. The van der Waals surface area contributed by atoms with Crippen LogP contribution in [0.15, 0.2) is 66.7 Å². The normalized spacial score (nSPS) is 12.1. The highest BCUT2D eigenvalue weighted by Gasteiger charge is 2.21. The van der Waals surface area contributed by atoms with Gasteiger partial charge in [0.25, 0.3) is 5.91 Å². The van der Waals surface area contributed by atoms with E-state index in [0.29, 0.717) is 48.3 Å². The SMILES string of the molecule is CCN(CC(=O)Nc1ccc2c(c1)OCCO2)C(=O)c1ccccc1OCc1ccc(F)cc1. The lowest BCUT2D eigenvalue weighted by Crippen LogP contribution is -2.38. The Morgan fingerprint density at radius 1 is 1.00 bits per heavy atom. The molecule has 0 aliphatic carbocycles. The fourth-order valence-electron chi connectivity index (χ4n) is 3.50. The summed E-state index contributed by atoms with van der Waals surface area (Å²) in [5.74, 6) is 0.604. The lowest BCUT2D eigenvalue weighted by atomic mass is 10.1. The van der Waals surface area contributed by atoms with Gasteiger partial charge in [-0.25, -0.2) is 4.39 Å². The summed E-state index contributed by atoms with van der Waals surface area (Å²) in [7, 11) is 0. The summed E-state index contributed by atoms with van der Waals surface area (Å²) >= 11 is 0. The molecule has 0 atom stereocenters. The van der Waals surface area contributed by atoms with Crippen molar-refractivity contribution in [2.24, 2.45) is 0 Å².